The summed E-state index contributed by atoms with van der Waals surface area (Å²) in [7, 11) is 0. The van der Waals surface area contributed by atoms with Gasteiger partial charge in [0.15, 0.2) is 5.78 Å². The molecule has 0 radical (unpaired) electrons. The number of nitrogens with zero attached hydrogens (tertiary/aromatic N) is 2. The first-order valence-corrected chi connectivity index (χ1v) is 11.7. The normalized spacial score (nSPS) is 20.7. The number of nitrogens with two attached hydrogens (primary N) is 1. The molecule has 0 spiro atoms. The number of nitriles is 1. The van der Waals surface area contributed by atoms with Gasteiger partial charge in [0.05, 0.1) is 17.6 Å². The van der Waals surface area contributed by atoms with E-state index in [-0.39, 0.29) is 34.7 Å². The highest BCUT2D eigenvalue weighted by atomic mass is 32.1. The molecular weight excluding hydrogens is 440 g/mol. The van der Waals surface area contributed by atoms with Gasteiger partial charge in [0.25, 0.3) is 0 Å². The molecule has 0 bridgehead atoms. The topological polar surface area (TPSA) is 70.1 Å². The molecular formula is C26H27F2N3OS. The van der Waals surface area contributed by atoms with Gasteiger partial charge in [0.1, 0.15) is 23.1 Å². The van der Waals surface area contributed by atoms with Gasteiger partial charge >= 0.3 is 0 Å². The zero-order valence-electron chi connectivity index (χ0n) is 19.4. The molecule has 0 amide bonds. The number of thiophene rings is 1. The molecule has 1 unspecified atom stereocenters. The zero-order chi connectivity index (χ0) is 24.3. The van der Waals surface area contributed by atoms with Crippen LogP contribution in [0.3, 0.4) is 0 Å². The lowest BCUT2D eigenvalue weighted by Gasteiger charge is -2.43. The molecule has 2 N–H and O–H groups in total. The van der Waals surface area contributed by atoms with E-state index in [1.54, 1.807) is 0 Å². The van der Waals surface area contributed by atoms with Crippen LogP contribution in [0.25, 0.3) is 0 Å². The van der Waals surface area contributed by atoms with Crippen molar-refractivity contribution in [3.8, 4) is 6.07 Å². The third kappa shape index (κ3) is 3.87. The van der Waals surface area contributed by atoms with E-state index in [1.165, 1.54) is 22.3 Å². The fourth-order valence-corrected chi connectivity index (χ4v) is 5.85. The van der Waals surface area contributed by atoms with Gasteiger partial charge in [-0.3, -0.25) is 9.69 Å². The number of hydrogen-bond donors (Lipinski definition) is 1. The lowest BCUT2D eigenvalue weighted by Crippen LogP contribution is -2.42. The fourth-order valence-electron chi connectivity index (χ4n) is 4.66. The number of allylic oxidation sites excluding steroid dienone is 3. The first-order chi connectivity index (χ1) is 15.4. The van der Waals surface area contributed by atoms with Crippen LogP contribution in [0.4, 0.5) is 14.5 Å². The van der Waals surface area contributed by atoms with Gasteiger partial charge in [-0.1, -0.05) is 40.7 Å². The van der Waals surface area contributed by atoms with Crippen molar-refractivity contribution in [2.24, 2.45) is 11.1 Å². The quantitative estimate of drug-likeness (QED) is 0.566. The van der Waals surface area contributed by atoms with E-state index >= 15 is 0 Å². The average Bonchev–Trinajstić information content (AvgIpc) is 3.18. The molecule has 172 valence electrons. The van der Waals surface area contributed by atoms with Crippen molar-refractivity contribution in [2.75, 3.05) is 4.90 Å². The highest BCUT2D eigenvalue weighted by molar-refractivity contribution is 7.12. The summed E-state index contributed by atoms with van der Waals surface area (Å²) in [5.41, 5.74) is 6.60. The molecule has 2 aliphatic rings. The summed E-state index contributed by atoms with van der Waals surface area (Å²) in [5.74, 6) is -2.42. The number of carbonyl (C=O) groups excluding carboxylic acids is 1. The minimum atomic E-state index is -0.803. The van der Waals surface area contributed by atoms with Crippen molar-refractivity contribution in [3.63, 3.8) is 0 Å². The molecule has 33 heavy (non-hydrogen) atoms. The molecule has 4 nitrogen and oxygen atoms in total. The Kier molecular flexibility index (Phi) is 5.49. The van der Waals surface area contributed by atoms with Crippen LogP contribution in [0.5, 0.6) is 0 Å². The fraction of sp³-hybridized carbons (Fsp3) is 0.385. The third-order valence-electron chi connectivity index (χ3n) is 6.19. The van der Waals surface area contributed by atoms with Gasteiger partial charge in [0.2, 0.25) is 0 Å². The van der Waals surface area contributed by atoms with Crippen molar-refractivity contribution in [1.29, 1.82) is 5.26 Å². The Bertz CT molecular complexity index is 1240. The molecule has 1 aliphatic carbocycles. The van der Waals surface area contributed by atoms with Crippen LogP contribution in [-0.4, -0.2) is 5.78 Å². The summed E-state index contributed by atoms with van der Waals surface area (Å²) in [6.07, 6.45) is 0.682. The Balaban J connectivity index is 2.02. The van der Waals surface area contributed by atoms with Gasteiger partial charge < -0.3 is 5.73 Å². The Morgan fingerprint density at radius 3 is 2.33 bits per heavy atom. The first-order valence-electron chi connectivity index (χ1n) is 10.9. The molecule has 1 aliphatic heterocycles. The van der Waals surface area contributed by atoms with E-state index in [1.807, 2.05) is 26.0 Å². The summed E-state index contributed by atoms with van der Waals surface area (Å²) in [6.45, 7) is 10.2. The number of para-hydroxylation sites is 1. The number of anilines is 1. The smallest absolute Gasteiger partial charge is 0.162 e. The van der Waals surface area contributed by atoms with Crippen LogP contribution in [0.2, 0.25) is 0 Å². The summed E-state index contributed by atoms with van der Waals surface area (Å²) in [5, 5.41) is 10.1. The van der Waals surface area contributed by atoms with E-state index in [4.69, 9.17) is 5.73 Å². The van der Waals surface area contributed by atoms with Crippen molar-refractivity contribution in [1.82, 2.24) is 0 Å². The molecule has 4 rings (SSSR count). The van der Waals surface area contributed by atoms with Crippen molar-refractivity contribution in [2.45, 2.75) is 58.8 Å². The second kappa shape index (κ2) is 7.81. The van der Waals surface area contributed by atoms with E-state index in [2.05, 4.69) is 26.8 Å². The van der Waals surface area contributed by atoms with E-state index in [0.29, 0.717) is 17.7 Å². The maximum Gasteiger partial charge on any atom is 0.162 e. The number of halogens is 2. The second-order valence-electron chi connectivity index (χ2n) is 10.5. The number of hydrogen-bond acceptors (Lipinski definition) is 5. The minimum absolute atomic E-state index is 0.0403. The molecule has 0 saturated heterocycles. The Morgan fingerprint density at radius 2 is 1.79 bits per heavy atom. The van der Waals surface area contributed by atoms with Gasteiger partial charge in [-0.05, 0) is 41.5 Å². The van der Waals surface area contributed by atoms with Gasteiger partial charge in [-0.15, -0.1) is 11.3 Å². The summed E-state index contributed by atoms with van der Waals surface area (Å²) >= 11 is 1.53. The Morgan fingerprint density at radius 1 is 1.15 bits per heavy atom. The number of carbonyl (C=O) groups is 1. The van der Waals surface area contributed by atoms with Gasteiger partial charge in [0, 0.05) is 27.4 Å². The van der Waals surface area contributed by atoms with Crippen LogP contribution >= 0.6 is 11.3 Å². The summed E-state index contributed by atoms with van der Waals surface area (Å²) in [6, 6.07) is 9.66. The number of benzene rings is 1. The SMILES string of the molecule is CC1(C)CC(=O)C2=C(C1)N(c1c(F)cccc1F)C(N)=C(C#N)C2c1ccc(C(C)(C)C)s1. The van der Waals surface area contributed by atoms with Crippen molar-refractivity contribution < 1.29 is 13.6 Å². The van der Waals surface area contributed by atoms with Crippen molar-refractivity contribution >= 4 is 22.8 Å². The van der Waals surface area contributed by atoms with Crippen molar-refractivity contribution in [3.05, 3.63) is 74.4 Å². The summed E-state index contributed by atoms with van der Waals surface area (Å²) < 4.78 is 29.8. The first kappa shape index (κ1) is 23.2. The molecule has 0 fully saturated rings. The molecule has 2 aromatic rings. The van der Waals surface area contributed by atoms with Crippen LogP contribution in [0.15, 0.2) is 53.0 Å². The predicted molar refractivity (Wildman–Crippen MR) is 126 cm³/mol. The number of Topliss-reactive ketones (excluding diaryl/α,β-unsaturated/α-hetero) is 1. The van der Waals surface area contributed by atoms with Crippen LogP contribution < -0.4 is 10.6 Å². The van der Waals surface area contributed by atoms with Crippen LogP contribution in [-0.2, 0) is 10.2 Å². The largest absolute Gasteiger partial charge is 0.384 e. The average molecular weight is 468 g/mol. The number of ketones is 1. The maximum absolute atomic E-state index is 14.9. The highest BCUT2D eigenvalue weighted by Crippen LogP contribution is 2.52. The molecule has 1 atom stereocenters. The van der Waals surface area contributed by atoms with E-state index in [9.17, 15) is 18.8 Å². The maximum atomic E-state index is 14.9. The monoisotopic (exact) mass is 467 g/mol. The van der Waals surface area contributed by atoms with E-state index in [0.717, 1.165) is 21.9 Å². The van der Waals surface area contributed by atoms with Crippen LogP contribution in [0.1, 0.15) is 63.1 Å². The van der Waals surface area contributed by atoms with Gasteiger partial charge in [-0.25, -0.2) is 8.78 Å². The zero-order valence-corrected chi connectivity index (χ0v) is 20.2. The molecule has 2 heterocycles. The standard InChI is InChI=1S/C26H27F2N3OS/c1-25(2,3)20-10-9-19(33-20)21-14(13-29)24(30)31(23-15(27)7-6-8-16(23)28)17-11-26(4,5)12-18(32)22(17)21/h6-10,21H,11-12,30H2,1-5H3. The molecule has 1 aromatic carbocycles. The number of rotatable bonds is 2. The summed E-state index contributed by atoms with van der Waals surface area (Å²) in [4.78, 5) is 16.7. The molecule has 0 saturated carbocycles. The van der Waals surface area contributed by atoms with Gasteiger partial charge in [-0.2, -0.15) is 5.26 Å². The third-order valence-corrected chi connectivity index (χ3v) is 7.77. The predicted octanol–water partition coefficient (Wildman–Crippen LogP) is 6.26. The lowest BCUT2D eigenvalue weighted by molar-refractivity contribution is -0.118. The second-order valence-corrected chi connectivity index (χ2v) is 11.6. The Hall–Kier alpha value is -2.98. The van der Waals surface area contributed by atoms with E-state index < -0.39 is 23.0 Å². The molecule has 1 aromatic heterocycles. The highest BCUT2D eigenvalue weighted by Gasteiger charge is 2.46. The molecule has 7 heteroatoms. The lowest BCUT2D eigenvalue weighted by atomic mass is 9.69. The van der Waals surface area contributed by atoms with Crippen LogP contribution in [0, 0.1) is 28.4 Å². The minimum Gasteiger partial charge on any atom is -0.384 e. The Labute approximate surface area is 197 Å².